The summed E-state index contributed by atoms with van der Waals surface area (Å²) in [7, 11) is 1.46. The number of hydrogen-bond acceptors (Lipinski definition) is 5. The first-order valence-corrected chi connectivity index (χ1v) is 4.46. The van der Waals surface area contributed by atoms with Crippen molar-refractivity contribution in [3.8, 4) is 0 Å². The molecule has 0 atom stereocenters. The SMILES string of the molecule is CNc1cc(NCCO)nc(C(F)(F)F)n1. The molecule has 1 rings (SSSR count). The molecule has 0 aliphatic carbocycles. The molecule has 0 radical (unpaired) electrons. The summed E-state index contributed by atoms with van der Waals surface area (Å²) >= 11 is 0. The summed E-state index contributed by atoms with van der Waals surface area (Å²) in [5.41, 5.74) is 0. The third kappa shape index (κ3) is 3.23. The highest BCUT2D eigenvalue weighted by atomic mass is 19.4. The molecule has 90 valence electrons. The Labute approximate surface area is 89.7 Å². The zero-order valence-corrected chi connectivity index (χ0v) is 8.47. The van der Waals surface area contributed by atoms with Gasteiger partial charge in [0.1, 0.15) is 11.6 Å². The van der Waals surface area contributed by atoms with Crippen LogP contribution in [0, 0.1) is 0 Å². The van der Waals surface area contributed by atoms with Crippen molar-refractivity contribution in [2.75, 3.05) is 30.8 Å². The zero-order valence-electron chi connectivity index (χ0n) is 8.47. The van der Waals surface area contributed by atoms with Crippen LogP contribution >= 0.6 is 0 Å². The van der Waals surface area contributed by atoms with Crippen molar-refractivity contribution in [1.29, 1.82) is 0 Å². The third-order valence-corrected chi connectivity index (χ3v) is 1.65. The molecule has 16 heavy (non-hydrogen) atoms. The highest BCUT2D eigenvalue weighted by Crippen LogP contribution is 2.28. The molecule has 0 bridgehead atoms. The lowest BCUT2D eigenvalue weighted by Crippen LogP contribution is -2.15. The standard InChI is InChI=1S/C8H11F3N4O/c1-12-5-4-6(13-2-3-16)15-7(14-5)8(9,10)11/h4,16H,2-3H2,1H3,(H2,12,13,14,15). The van der Waals surface area contributed by atoms with Crippen LogP contribution < -0.4 is 10.6 Å². The minimum absolute atomic E-state index is 0.0146. The number of aliphatic hydroxyl groups is 1. The summed E-state index contributed by atoms with van der Waals surface area (Å²) in [6, 6.07) is 1.32. The molecule has 0 unspecified atom stereocenters. The molecule has 0 saturated heterocycles. The highest BCUT2D eigenvalue weighted by Gasteiger charge is 2.35. The largest absolute Gasteiger partial charge is 0.451 e. The van der Waals surface area contributed by atoms with Crippen LogP contribution in [0.3, 0.4) is 0 Å². The predicted molar refractivity (Wildman–Crippen MR) is 52.2 cm³/mol. The van der Waals surface area contributed by atoms with Crippen LogP contribution in [0.25, 0.3) is 0 Å². The second-order valence-electron chi connectivity index (χ2n) is 2.86. The second-order valence-corrected chi connectivity index (χ2v) is 2.86. The van der Waals surface area contributed by atoms with Crippen LogP contribution in [0.15, 0.2) is 6.07 Å². The van der Waals surface area contributed by atoms with E-state index in [1.807, 2.05) is 0 Å². The molecule has 0 aliphatic rings. The fourth-order valence-corrected chi connectivity index (χ4v) is 0.977. The quantitative estimate of drug-likeness (QED) is 0.725. The fourth-order valence-electron chi connectivity index (χ4n) is 0.977. The smallest absolute Gasteiger partial charge is 0.395 e. The van der Waals surface area contributed by atoms with E-state index in [1.165, 1.54) is 13.1 Å². The van der Waals surface area contributed by atoms with Gasteiger partial charge in [-0.1, -0.05) is 0 Å². The lowest BCUT2D eigenvalue weighted by molar-refractivity contribution is -0.144. The summed E-state index contributed by atoms with van der Waals surface area (Å²) in [5, 5.41) is 13.6. The molecule has 1 heterocycles. The first kappa shape index (κ1) is 12.5. The molecule has 1 aromatic rings. The van der Waals surface area contributed by atoms with Crippen LogP contribution in [-0.4, -0.2) is 35.3 Å². The molecule has 0 aromatic carbocycles. The van der Waals surface area contributed by atoms with Gasteiger partial charge in [0.2, 0.25) is 5.82 Å². The number of anilines is 2. The number of hydrogen-bond donors (Lipinski definition) is 3. The van der Waals surface area contributed by atoms with Crippen molar-refractivity contribution in [2.45, 2.75) is 6.18 Å². The van der Waals surface area contributed by atoms with Crippen LogP contribution in [0.4, 0.5) is 24.8 Å². The van der Waals surface area contributed by atoms with Crippen LogP contribution in [0.5, 0.6) is 0 Å². The summed E-state index contributed by atoms with van der Waals surface area (Å²) < 4.78 is 37.1. The Kier molecular flexibility index (Phi) is 3.88. The molecular weight excluding hydrogens is 225 g/mol. The van der Waals surface area contributed by atoms with E-state index in [4.69, 9.17) is 5.11 Å². The number of rotatable bonds is 4. The Hall–Kier alpha value is -1.57. The number of aliphatic hydroxyl groups excluding tert-OH is 1. The minimum atomic E-state index is -4.59. The van der Waals surface area contributed by atoms with Gasteiger partial charge >= 0.3 is 6.18 Å². The Bertz CT molecular complexity index is 356. The van der Waals surface area contributed by atoms with Crippen LogP contribution in [0.1, 0.15) is 5.82 Å². The molecule has 0 amide bonds. The molecule has 0 saturated carbocycles. The van der Waals surface area contributed by atoms with Crippen molar-refractivity contribution in [3.63, 3.8) is 0 Å². The molecule has 8 heteroatoms. The lowest BCUT2D eigenvalue weighted by atomic mass is 10.4. The first-order valence-electron chi connectivity index (χ1n) is 4.46. The average molecular weight is 236 g/mol. The lowest BCUT2D eigenvalue weighted by Gasteiger charge is -2.10. The summed E-state index contributed by atoms with van der Waals surface area (Å²) in [5.74, 6) is -1.15. The molecule has 0 spiro atoms. The Balaban J connectivity index is 3.01. The van der Waals surface area contributed by atoms with Crippen LogP contribution in [-0.2, 0) is 6.18 Å². The van der Waals surface area contributed by atoms with Gasteiger partial charge in [0.05, 0.1) is 6.61 Å². The van der Waals surface area contributed by atoms with Crippen molar-refractivity contribution in [1.82, 2.24) is 9.97 Å². The fraction of sp³-hybridized carbons (Fsp3) is 0.500. The minimum Gasteiger partial charge on any atom is -0.395 e. The zero-order chi connectivity index (χ0) is 12.2. The van der Waals surface area contributed by atoms with Crippen molar-refractivity contribution < 1.29 is 18.3 Å². The Morgan fingerprint density at radius 1 is 1.31 bits per heavy atom. The Morgan fingerprint density at radius 2 is 1.94 bits per heavy atom. The average Bonchev–Trinajstić information content (AvgIpc) is 2.24. The first-order chi connectivity index (χ1) is 7.47. The van der Waals surface area contributed by atoms with Crippen molar-refractivity contribution in [2.24, 2.45) is 0 Å². The van der Waals surface area contributed by atoms with Crippen LogP contribution in [0.2, 0.25) is 0 Å². The van der Waals surface area contributed by atoms with E-state index in [1.54, 1.807) is 0 Å². The van der Waals surface area contributed by atoms with E-state index >= 15 is 0 Å². The van der Waals surface area contributed by atoms with E-state index < -0.39 is 12.0 Å². The molecule has 3 N–H and O–H groups in total. The van der Waals surface area contributed by atoms with Crippen molar-refractivity contribution in [3.05, 3.63) is 11.9 Å². The summed E-state index contributed by atoms with van der Waals surface area (Å²) in [6.07, 6.45) is -4.59. The molecule has 0 aliphatic heterocycles. The number of nitrogens with one attached hydrogen (secondary N) is 2. The number of aromatic nitrogens is 2. The molecular formula is C8H11F3N4O. The van der Waals surface area contributed by atoms with Gasteiger partial charge in [-0.15, -0.1) is 0 Å². The van der Waals surface area contributed by atoms with E-state index in [-0.39, 0.29) is 24.8 Å². The maximum absolute atomic E-state index is 12.4. The maximum atomic E-state index is 12.4. The van der Waals surface area contributed by atoms with Gasteiger partial charge < -0.3 is 15.7 Å². The predicted octanol–water partition coefficient (Wildman–Crippen LogP) is 0.941. The van der Waals surface area contributed by atoms with Gasteiger partial charge in [-0.25, -0.2) is 9.97 Å². The second kappa shape index (κ2) is 4.97. The maximum Gasteiger partial charge on any atom is 0.451 e. The molecule has 1 aromatic heterocycles. The number of nitrogens with zero attached hydrogens (tertiary/aromatic N) is 2. The van der Waals surface area contributed by atoms with Gasteiger partial charge in [0.25, 0.3) is 0 Å². The van der Waals surface area contributed by atoms with E-state index in [2.05, 4.69) is 20.6 Å². The normalized spacial score (nSPS) is 11.3. The summed E-state index contributed by atoms with van der Waals surface area (Å²) in [6.45, 7) is -0.0717. The van der Waals surface area contributed by atoms with E-state index in [9.17, 15) is 13.2 Å². The van der Waals surface area contributed by atoms with Gasteiger partial charge in [-0.2, -0.15) is 13.2 Å². The van der Waals surface area contributed by atoms with Crippen molar-refractivity contribution >= 4 is 11.6 Å². The monoisotopic (exact) mass is 236 g/mol. The van der Waals surface area contributed by atoms with Gasteiger partial charge in [0, 0.05) is 19.7 Å². The van der Waals surface area contributed by atoms with Gasteiger partial charge in [-0.3, -0.25) is 0 Å². The third-order valence-electron chi connectivity index (χ3n) is 1.65. The molecule has 0 fully saturated rings. The number of halogens is 3. The summed E-state index contributed by atoms with van der Waals surface area (Å²) in [4.78, 5) is 6.57. The Morgan fingerprint density at radius 3 is 2.44 bits per heavy atom. The topological polar surface area (TPSA) is 70.1 Å². The van der Waals surface area contributed by atoms with Gasteiger partial charge in [0.15, 0.2) is 0 Å². The van der Waals surface area contributed by atoms with E-state index in [0.717, 1.165) is 0 Å². The van der Waals surface area contributed by atoms with Gasteiger partial charge in [-0.05, 0) is 0 Å². The highest BCUT2D eigenvalue weighted by molar-refractivity contribution is 5.47. The van der Waals surface area contributed by atoms with E-state index in [0.29, 0.717) is 0 Å². The number of alkyl halides is 3. The molecule has 5 nitrogen and oxygen atoms in total.